The fourth-order valence-corrected chi connectivity index (χ4v) is 6.04. The number of carbonyl (C=O) groups excluding carboxylic acids is 1. The van der Waals surface area contributed by atoms with Crippen LogP contribution in [0.5, 0.6) is 5.88 Å². The summed E-state index contributed by atoms with van der Waals surface area (Å²) >= 11 is 0. The number of likely N-dealkylation sites (N-methyl/N-ethyl adjacent to an activating group) is 2. The van der Waals surface area contributed by atoms with Crippen LogP contribution < -0.4 is 15.4 Å². The number of pyridine rings is 1. The molecule has 236 valence electrons. The quantitative estimate of drug-likeness (QED) is 0.373. The third-order valence-electron chi connectivity index (χ3n) is 8.58. The lowest BCUT2D eigenvalue weighted by molar-refractivity contribution is -0.138. The highest BCUT2D eigenvalue weighted by Gasteiger charge is 2.38. The van der Waals surface area contributed by atoms with E-state index in [4.69, 9.17) is 10.5 Å². The van der Waals surface area contributed by atoms with E-state index >= 15 is 4.39 Å². The Hall–Kier alpha value is -3.74. The summed E-state index contributed by atoms with van der Waals surface area (Å²) in [5.74, 6) is -2.06. The van der Waals surface area contributed by atoms with Crippen LogP contribution in [0.4, 0.5) is 23.2 Å². The highest BCUT2D eigenvalue weighted by atomic mass is 19.4. The summed E-state index contributed by atoms with van der Waals surface area (Å²) in [5.41, 5.74) is 5.79. The number of rotatable bonds is 8. The zero-order chi connectivity index (χ0) is 31.8. The van der Waals surface area contributed by atoms with E-state index in [-0.39, 0.29) is 17.1 Å². The SMILES string of the molecule is COc1cc(C(F)(F)F)c(C(N)=O)c(-c2cc(-c3cc(CN4CCC(N(C)C)C4)ccc3F)ccc2N2CCN(C)CC2)n1. The first kappa shape index (κ1) is 31.7. The third kappa shape index (κ3) is 6.67. The third-order valence-corrected chi connectivity index (χ3v) is 8.58. The van der Waals surface area contributed by atoms with Crippen LogP contribution in [0, 0.1) is 5.82 Å². The van der Waals surface area contributed by atoms with Gasteiger partial charge in [-0.3, -0.25) is 9.69 Å². The van der Waals surface area contributed by atoms with Gasteiger partial charge in [0.1, 0.15) is 5.82 Å². The van der Waals surface area contributed by atoms with Gasteiger partial charge in [-0.05, 0) is 63.0 Å². The number of methoxy groups -OCH3 is 1. The van der Waals surface area contributed by atoms with Crippen molar-refractivity contribution in [2.75, 3.05) is 72.4 Å². The van der Waals surface area contributed by atoms with Crippen molar-refractivity contribution < 1.29 is 27.1 Å². The fourth-order valence-electron chi connectivity index (χ4n) is 6.04. The Bertz CT molecular complexity index is 1520. The van der Waals surface area contributed by atoms with Crippen LogP contribution in [-0.2, 0) is 12.7 Å². The maximum absolute atomic E-state index is 15.4. The lowest BCUT2D eigenvalue weighted by Gasteiger charge is -2.35. The van der Waals surface area contributed by atoms with E-state index < -0.39 is 29.0 Å². The molecule has 5 rings (SSSR count). The number of benzene rings is 2. The van der Waals surface area contributed by atoms with Crippen LogP contribution in [0.1, 0.15) is 27.9 Å². The number of amides is 1. The summed E-state index contributed by atoms with van der Waals surface area (Å²) in [5, 5.41) is 0. The predicted molar refractivity (Wildman–Crippen MR) is 162 cm³/mol. The van der Waals surface area contributed by atoms with Crippen molar-refractivity contribution in [1.82, 2.24) is 19.7 Å². The normalized spacial score (nSPS) is 18.3. The van der Waals surface area contributed by atoms with E-state index in [2.05, 4.69) is 33.8 Å². The van der Waals surface area contributed by atoms with E-state index in [0.29, 0.717) is 48.6 Å². The van der Waals surface area contributed by atoms with Gasteiger partial charge in [-0.15, -0.1) is 0 Å². The van der Waals surface area contributed by atoms with Crippen molar-refractivity contribution in [2.24, 2.45) is 5.73 Å². The van der Waals surface area contributed by atoms with Gasteiger partial charge >= 0.3 is 6.18 Å². The van der Waals surface area contributed by atoms with Crippen molar-refractivity contribution >= 4 is 11.6 Å². The number of likely N-dealkylation sites (tertiary alicyclic amines) is 1. The Labute approximate surface area is 255 Å². The number of aromatic nitrogens is 1. The van der Waals surface area contributed by atoms with Crippen LogP contribution >= 0.6 is 0 Å². The van der Waals surface area contributed by atoms with Crippen molar-refractivity contribution in [1.29, 1.82) is 0 Å². The maximum Gasteiger partial charge on any atom is 0.417 e. The number of carbonyl (C=O) groups is 1. The van der Waals surface area contributed by atoms with Crippen LogP contribution in [0.25, 0.3) is 22.4 Å². The number of nitrogens with zero attached hydrogens (tertiary/aromatic N) is 5. The van der Waals surface area contributed by atoms with E-state index in [0.717, 1.165) is 38.2 Å². The highest BCUT2D eigenvalue weighted by Crippen LogP contribution is 2.42. The number of ether oxygens (including phenoxy) is 1. The Balaban J connectivity index is 1.64. The summed E-state index contributed by atoms with van der Waals surface area (Å²) in [6, 6.07) is 11.2. The molecular formula is C32H38F4N6O2. The Kier molecular flexibility index (Phi) is 9.15. The van der Waals surface area contributed by atoms with Gasteiger partial charge in [0.25, 0.3) is 5.91 Å². The van der Waals surface area contributed by atoms with E-state index in [9.17, 15) is 18.0 Å². The summed E-state index contributed by atoms with van der Waals surface area (Å²) in [7, 11) is 7.32. The van der Waals surface area contributed by atoms with Gasteiger partial charge in [0.2, 0.25) is 5.88 Å². The standard InChI is InChI=1S/C32H38F4N6O2/c1-39(2)22-9-10-41(19-22)18-20-5-7-26(33)23(15-20)21-6-8-27(42-13-11-40(3)12-14-42)24(16-21)30-29(31(37)43)25(32(34,35)36)17-28(38-30)44-4/h5-8,15-17,22H,9-14,18-19H2,1-4H3,(H2,37,43). The van der Waals surface area contributed by atoms with Gasteiger partial charge in [0.05, 0.1) is 23.9 Å². The average molecular weight is 615 g/mol. The lowest BCUT2D eigenvalue weighted by Crippen LogP contribution is -2.44. The number of hydrogen-bond acceptors (Lipinski definition) is 7. The molecule has 2 fully saturated rings. The molecule has 1 unspecified atom stereocenters. The van der Waals surface area contributed by atoms with Crippen molar-refractivity contribution in [3.05, 3.63) is 65.0 Å². The number of alkyl halides is 3. The van der Waals surface area contributed by atoms with Gasteiger partial charge in [0, 0.05) is 74.7 Å². The summed E-state index contributed by atoms with van der Waals surface area (Å²) in [4.78, 5) is 25.7. The van der Waals surface area contributed by atoms with Crippen LogP contribution in [-0.4, -0.2) is 99.2 Å². The summed E-state index contributed by atoms with van der Waals surface area (Å²) in [6.45, 7) is 5.12. The first-order chi connectivity index (χ1) is 20.8. The van der Waals surface area contributed by atoms with Crippen LogP contribution in [0.3, 0.4) is 0 Å². The van der Waals surface area contributed by atoms with Gasteiger partial charge in [0.15, 0.2) is 0 Å². The minimum absolute atomic E-state index is 0.239. The van der Waals surface area contributed by atoms with Gasteiger partial charge in [-0.25, -0.2) is 9.37 Å². The molecule has 3 aromatic rings. The number of anilines is 1. The molecule has 12 heteroatoms. The smallest absolute Gasteiger partial charge is 0.417 e. The minimum atomic E-state index is -4.90. The summed E-state index contributed by atoms with van der Waals surface area (Å²) < 4.78 is 63.2. The number of primary amides is 1. The maximum atomic E-state index is 15.4. The molecule has 2 aliphatic heterocycles. The van der Waals surface area contributed by atoms with E-state index in [1.165, 1.54) is 13.2 Å². The molecule has 0 saturated carbocycles. The molecule has 1 aromatic heterocycles. The Morgan fingerprint density at radius 1 is 1.05 bits per heavy atom. The fraction of sp³-hybridized carbons (Fsp3) is 0.438. The largest absolute Gasteiger partial charge is 0.481 e. The van der Waals surface area contributed by atoms with Crippen LogP contribution in [0.2, 0.25) is 0 Å². The molecule has 2 aromatic carbocycles. The molecule has 1 atom stereocenters. The monoisotopic (exact) mass is 614 g/mol. The van der Waals surface area contributed by atoms with Gasteiger partial charge < -0.3 is 25.2 Å². The molecule has 3 heterocycles. The second-order valence-electron chi connectivity index (χ2n) is 11.8. The first-order valence-electron chi connectivity index (χ1n) is 14.6. The number of nitrogens with two attached hydrogens (primary N) is 1. The topological polar surface area (TPSA) is 78.2 Å². The predicted octanol–water partition coefficient (Wildman–Crippen LogP) is 4.57. The van der Waals surface area contributed by atoms with Crippen LogP contribution in [0.15, 0.2) is 42.5 Å². The molecule has 0 spiro atoms. The number of piperazine rings is 1. The van der Waals surface area contributed by atoms with Crippen molar-refractivity contribution in [2.45, 2.75) is 25.2 Å². The first-order valence-corrected chi connectivity index (χ1v) is 14.6. The molecule has 8 nitrogen and oxygen atoms in total. The van der Waals surface area contributed by atoms with Crippen molar-refractivity contribution in [3.8, 4) is 28.3 Å². The molecule has 2 N–H and O–H groups in total. The van der Waals surface area contributed by atoms with E-state index in [1.54, 1.807) is 30.3 Å². The van der Waals surface area contributed by atoms with Gasteiger partial charge in [-0.2, -0.15) is 13.2 Å². The second-order valence-corrected chi connectivity index (χ2v) is 11.8. The Morgan fingerprint density at radius 2 is 1.77 bits per heavy atom. The average Bonchev–Trinajstić information content (AvgIpc) is 3.46. The molecule has 0 radical (unpaired) electrons. The molecule has 2 aliphatic rings. The number of hydrogen-bond donors (Lipinski definition) is 1. The molecule has 1 amide bonds. The molecule has 0 aliphatic carbocycles. The summed E-state index contributed by atoms with van der Waals surface area (Å²) in [6.07, 6.45) is -3.85. The van der Waals surface area contributed by atoms with E-state index in [1.807, 2.05) is 11.9 Å². The highest BCUT2D eigenvalue weighted by molar-refractivity contribution is 6.02. The zero-order valence-electron chi connectivity index (χ0n) is 25.4. The molecular weight excluding hydrogens is 576 g/mol. The van der Waals surface area contributed by atoms with Crippen molar-refractivity contribution in [3.63, 3.8) is 0 Å². The zero-order valence-corrected chi connectivity index (χ0v) is 25.4. The Morgan fingerprint density at radius 3 is 2.39 bits per heavy atom. The molecule has 2 saturated heterocycles. The number of halogens is 4. The minimum Gasteiger partial charge on any atom is -0.481 e. The molecule has 44 heavy (non-hydrogen) atoms. The second kappa shape index (κ2) is 12.7. The lowest BCUT2D eigenvalue weighted by atomic mass is 9.93. The van der Waals surface area contributed by atoms with Gasteiger partial charge in [-0.1, -0.05) is 12.1 Å². The molecule has 0 bridgehead atoms.